The Morgan fingerprint density at radius 3 is 2.43 bits per heavy atom. The van der Waals surface area contributed by atoms with Crippen LogP contribution in [0.4, 0.5) is 5.69 Å². The maximum absolute atomic E-state index is 10.5. The van der Waals surface area contributed by atoms with E-state index < -0.39 is 17.2 Å². The second-order valence-corrected chi connectivity index (χ2v) is 3.39. The third-order valence-corrected chi connectivity index (χ3v) is 1.95. The number of rotatable bonds is 4. The highest BCUT2D eigenvalue weighted by atomic mass is 32.2. The highest BCUT2D eigenvalue weighted by molar-refractivity contribution is 7.80. The van der Waals surface area contributed by atoms with Crippen molar-refractivity contribution < 1.29 is 13.6 Å². The van der Waals surface area contributed by atoms with Crippen molar-refractivity contribution >= 4 is 22.9 Å². The number of nitrogens with one attached hydrogen (secondary N) is 1. The molecule has 0 aliphatic carbocycles. The van der Waals surface area contributed by atoms with Crippen LogP contribution in [0.5, 0.6) is 0 Å². The lowest BCUT2D eigenvalue weighted by Gasteiger charge is -2.02. The molecule has 1 unspecified atom stereocenters. The number of benzene rings is 1. The summed E-state index contributed by atoms with van der Waals surface area (Å²) in [6, 6.07) is 6.54. The maximum atomic E-state index is 10.5. The summed E-state index contributed by atoms with van der Waals surface area (Å²) in [5.41, 5.74) is 6.28. The molecule has 0 bridgehead atoms. The molecule has 0 aromatic heterocycles. The van der Waals surface area contributed by atoms with Crippen LogP contribution in [0.2, 0.25) is 0 Å². The first-order valence-corrected chi connectivity index (χ1v) is 4.93. The standard InChI is InChI=1S/C8H10N2O3S/c9-8(11)5-6-1-3-7(4-2-6)10-14(12)13/h1-4,10H,5H2,(H2,9,11)(H,12,13). The van der Waals surface area contributed by atoms with E-state index in [1.165, 1.54) is 0 Å². The van der Waals surface area contributed by atoms with Gasteiger partial charge in [-0.05, 0) is 17.7 Å². The molecule has 0 fully saturated rings. The largest absolute Gasteiger partial charge is 0.369 e. The highest BCUT2D eigenvalue weighted by Gasteiger charge is 1.99. The fraction of sp³-hybridized carbons (Fsp3) is 0.125. The van der Waals surface area contributed by atoms with Crippen LogP contribution < -0.4 is 10.5 Å². The van der Waals surface area contributed by atoms with Crippen LogP contribution in [0.15, 0.2) is 24.3 Å². The minimum atomic E-state index is -2.08. The van der Waals surface area contributed by atoms with Gasteiger partial charge in [0.05, 0.1) is 6.42 Å². The van der Waals surface area contributed by atoms with E-state index in [2.05, 4.69) is 4.72 Å². The molecule has 76 valence electrons. The fourth-order valence-electron chi connectivity index (χ4n) is 0.993. The molecule has 0 spiro atoms. The molecule has 5 nitrogen and oxygen atoms in total. The lowest BCUT2D eigenvalue weighted by molar-refractivity contribution is -0.117. The number of nitrogens with two attached hydrogens (primary N) is 1. The van der Waals surface area contributed by atoms with Crippen LogP contribution in [0.25, 0.3) is 0 Å². The molecule has 1 atom stereocenters. The van der Waals surface area contributed by atoms with Crippen LogP contribution in [0.3, 0.4) is 0 Å². The Kier molecular flexibility index (Phi) is 3.61. The number of carbonyl (C=O) groups excluding carboxylic acids is 1. The van der Waals surface area contributed by atoms with Gasteiger partial charge in [-0.3, -0.25) is 14.1 Å². The zero-order valence-electron chi connectivity index (χ0n) is 7.27. The topological polar surface area (TPSA) is 92.4 Å². The van der Waals surface area contributed by atoms with Crippen molar-refractivity contribution in [2.45, 2.75) is 6.42 Å². The van der Waals surface area contributed by atoms with E-state index in [0.29, 0.717) is 5.69 Å². The minimum Gasteiger partial charge on any atom is -0.369 e. The summed E-state index contributed by atoms with van der Waals surface area (Å²) < 4.78 is 21.2. The molecule has 0 aliphatic rings. The molecule has 14 heavy (non-hydrogen) atoms. The third kappa shape index (κ3) is 3.55. The Bertz CT molecular complexity index is 315. The molecule has 0 saturated heterocycles. The molecule has 0 aliphatic heterocycles. The van der Waals surface area contributed by atoms with Crippen LogP contribution in [0, 0.1) is 0 Å². The molecular formula is C8H10N2O3S. The predicted octanol–water partition coefficient (Wildman–Crippen LogP) is 0.263. The number of primary amides is 1. The molecule has 1 aromatic carbocycles. The predicted molar refractivity (Wildman–Crippen MR) is 53.7 cm³/mol. The normalized spacial score (nSPS) is 12.1. The van der Waals surface area contributed by atoms with Crippen LogP contribution in [-0.2, 0) is 22.5 Å². The molecule has 6 heteroatoms. The van der Waals surface area contributed by atoms with Gasteiger partial charge >= 0.3 is 0 Å². The van der Waals surface area contributed by atoms with Crippen molar-refractivity contribution in [3.05, 3.63) is 29.8 Å². The lowest BCUT2D eigenvalue weighted by atomic mass is 10.1. The van der Waals surface area contributed by atoms with E-state index in [1.54, 1.807) is 24.3 Å². The van der Waals surface area contributed by atoms with Crippen molar-refractivity contribution in [3.8, 4) is 0 Å². The average Bonchev–Trinajstić information content (AvgIpc) is 2.06. The summed E-state index contributed by atoms with van der Waals surface area (Å²) in [6.07, 6.45) is 0.169. The zero-order chi connectivity index (χ0) is 10.6. The first-order valence-electron chi connectivity index (χ1n) is 3.82. The number of hydrogen-bond donors (Lipinski definition) is 3. The molecule has 0 radical (unpaired) electrons. The SMILES string of the molecule is NC(=O)Cc1ccc(NS(=O)O)cc1. The minimum absolute atomic E-state index is 0.169. The molecule has 1 amide bonds. The fourth-order valence-corrected chi connectivity index (χ4v) is 1.33. The van der Waals surface area contributed by atoms with Gasteiger partial charge in [-0.15, -0.1) is 0 Å². The first-order chi connectivity index (χ1) is 6.58. The van der Waals surface area contributed by atoms with Gasteiger partial charge in [0.25, 0.3) is 11.3 Å². The molecule has 0 heterocycles. The Morgan fingerprint density at radius 1 is 1.43 bits per heavy atom. The summed E-state index contributed by atoms with van der Waals surface area (Å²) >= 11 is -2.08. The molecule has 0 saturated carbocycles. The van der Waals surface area contributed by atoms with Crippen LogP contribution in [0.1, 0.15) is 5.56 Å². The Hall–Kier alpha value is -1.40. The summed E-state index contributed by atoms with van der Waals surface area (Å²) in [4.78, 5) is 10.5. The Labute approximate surface area is 83.7 Å². The quantitative estimate of drug-likeness (QED) is 0.628. The van der Waals surface area contributed by atoms with Crippen molar-refractivity contribution in [2.75, 3.05) is 4.72 Å². The third-order valence-electron chi connectivity index (χ3n) is 1.54. The van der Waals surface area contributed by atoms with Gasteiger partial charge < -0.3 is 5.73 Å². The van der Waals surface area contributed by atoms with Crippen molar-refractivity contribution in [2.24, 2.45) is 5.73 Å². The second kappa shape index (κ2) is 4.73. The van der Waals surface area contributed by atoms with Gasteiger partial charge in [0.15, 0.2) is 0 Å². The van der Waals surface area contributed by atoms with Crippen molar-refractivity contribution in [3.63, 3.8) is 0 Å². The van der Waals surface area contributed by atoms with Gasteiger partial charge in [0.1, 0.15) is 0 Å². The Balaban J connectivity index is 2.68. The number of carbonyl (C=O) groups is 1. The molecule has 4 N–H and O–H groups in total. The second-order valence-electron chi connectivity index (χ2n) is 2.69. The van der Waals surface area contributed by atoms with Gasteiger partial charge in [0.2, 0.25) is 5.91 Å². The van der Waals surface area contributed by atoms with Gasteiger partial charge in [-0.2, -0.15) is 0 Å². The van der Waals surface area contributed by atoms with E-state index >= 15 is 0 Å². The molecular weight excluding hydrogens is 204 g/mol. The monoisotopic (exact) mass is 214 g/mol. The van der Waals surface area contributed by atoms with E-state index in [0.717, 1.165) is 5.56 Å². The smallest absolute Gasteiger partial charge is 0.259 e. The highest BCUT2D eigenvalue weighted by Crippen LogP contribution is 2.09. The summed E-state index contributed by atoms with van der Waals surface area (Å²) in [5.74, 6) is -0.406. The van der Waals surface area contributed by atoms with Gasteiger partial charge in [-0.25, -0.2) is 4.21 Å². The Morgan fingerprint density at radius 2 is 2.00 bits per heavy atom. The van der Waals surface area contributed by atoms with Gasteiger partial charge in [0, 0.05) is 5.69 Å². The zero-order valence-corrected chi connectivity index (χ0v) is 8.08. The summed E-state index contributed by atoms with van der Waals surface area (Å²) in [5, 5.41) is 0. The number of amides is 1. The summed E-state index contributed by atoms with van der Waals surface area (Å²) in [6.45, 7) is 0. The van der Waals surface area contributed by atoms with Gasteiger partial charge in [-0.1, -0.05) is 12.1 Å². The van der Waals surface area contributed by atoms with Crippen molar-refractivity contribution in [1.29, 1.82) is 0 Å². The van der Waals surface area contributed by atoms with Crippen LogP contribution >= 0.6 is 0 Å². The van der Waals surface area contributed by atoms with E-state index in [1.807, 2.05) is 0 Å². The molecule has 1 aromatic rings. The molecule has 1 rings (SSSR count). The van der Waals surface area contributed by atoms with E-state index in [4.69, 9.17) is 10.3 Å². The van der Waals surface area contributed by atoms with Crippen molar-refractivity contribution in [1.82, 2.24) is 0 Å². The number of hydrogen-bond acceptors (Lipinski definition) is 2. The average molecular weight is 214 g/mol. The summed E-state index contributed by atoms with van der Waals surface area (Å²) in [7, 11) is 0. The maximum Gasteiger partial charge on any atom is 0.259 e. The van der Waals surface area contributed by atoms with E-state index in [9.17, 15) is 9.00 Å². The number of anilines is 1. The first kappa shape index (κ1) is 10.7. The van der Waals surface area contributed by atoms with Crippen LogP contribution in [-0.4, -0.2) is 14.7 Å². The van der Waals surface area contributed by atoms with E-state index in [-0.39, 0.29) is 6.42 Å². The lowest BCUT2D eigenvalue weighted by Crippen LogP contribution is -2.13.